The van der Waals surface area contributed by atoms with E-state index in [4.69, 9.17) is 5.26 Å². The number of rotatable bonds is 5. The quantitative estimate of drug-likeness (QED) is 0.699. The largest absolute Gasteiger partial charge is 0.507 e. The van der Waals surface area contributed by atoms with Crippen LogP contribution in [-0.4, -0.2) is 24.1 Å². The monoisotopic (exact) mass is 377 g/mol. The van der Waals surface area contributed by atoms with Gasteiger partial charge in [-0.2, -0.15) is 5.26 Å². The highest BCUT2D eigenvalue weighted by molar-refractivity contribution is 9.10. The smallest absolute Gasteiger partial charge is 0.255 e. The first-order chi connectivity index (χ1) is 11.0. The highest BCUT2D eigenvalue weighted by atomic mass is 79.9. The number of phenolic OH excluding ortho intramolecular Hbond substituents is 1. The van der Waals surface area contributed by atoms with Crippen LogP contribution in [0.1, 0.15) is 15.9 Å². The number of hydrogen-bond donors (Lipinski definition) is 3. The molecule has 0 heterocycles. The lowest BCUT2D eigenvalue weighted by molar-refractivity contribution is 0.0952. The molecule has 3 N–H and O–H groups in total. The summed E-state index contributed by atoms with van der Waals surface area (Å²) in [6.07, 6.45) is 0. The summed E-state index contributed by atoms with van der Waals surface area (Å²) in [5.74, 6) is -1.14. The van der Waals surface area contributed by atoms with Gasteiger partial charge in [0, 0.05) is 17.6 Å². The average molecular weight is 378 g/mol. The van der Waals surface area contributed by atoms with Crippen molar-refractivity contribution in [2.45, 2.75) is 0 Å². The Morgan fingerprint density at radius 2 is 2.09 bits per heavy atom. The van der Waals surface area contributed by atoms with Gasteiger partial charge in [-0.3, -0.25) is 4.79 Å². The van der Waals surface area contributed by atoms with Crippen LogP contribution in [0.25, 0.3) is 0 Å². The Bertz CT molecular complexity index is 774. The molecule has 0 aromatic heterocycles. The number of phenols is 1. The van der Waals surface area contributed by atoms with Gasteiger partial charge < -0.3 is 15.7 Å². The van der Waals surface area contributed by atoms with Crippen molar-refractivity contribution in [3.63, 3.8) is 0 Å². The highest BCUT2D eigenvalue weighted by Gasteiger charge is 2.11. The normalized spacial score (nSPS) is 9.96. The molecule has 0 spiro atoms. The Hall–Kier alpha value is -2.59. The number of amides is 1. The molecule has 7 heteroatoms. The fourth-order valence-corrected chi connectivity index (χ4v) is 2.30. The Morgan fingerprint density at radius 1 is 1.30 bits per heavy atom. The third-order valence-corrected chi connectivity index (χ3v) is 3.55. The molecule has 23 heavy (non-hydrogen) atoms. The zero-order chi connectivity index (χ0) is 16.8. The number of nitrogens with zero attached hydrogens (tertiary/aromatic N) is 1. The Balaban J connectivity index is 1.91. The number of carbonyl (C=O) groups is 1. The first-order valence-electron chi connectivity index (χ1n) is 6.72. The van der Waals surface area contributed by atoms with Crippen molar-refractivity contribution in [3.05, 3.63) is 57.8 Å². The highest BCUT2D eigenvalue weighted by Crippen LogP contribution is 2.21. The molecular formula is C16H13BrFN3O2. The van der Waals surface area contributed by atoms with Gasteiger partial charge in [-0.1, -0.05) is 22.0 Å². The number of hydrogen-bond acceptors (Lipinski definition) is 4. The minimum absolute atomic E-state index is 0.0662. The number of carbonyl (C=O) groups excluding carboxylic acids is 1. The predicted octanol–water partition coefficient (Wildman–Crippen LogP) is 3.01. The lowest BCUT2D eigenvalue weighted by Crippen LogP contribution is -2.29. The van der Waals surface area contributed by atoms with E-state index in [-0.39, 0.29) is 23.4 Å². The number of aromatic hydroxyl groups is 1. The van der Waals surface area contributed by atoms with Crippen LogP contribution in [-0.2, 0) is 0 Å². The molecule has 0 aliphatic rings. The Labute approximate surface area is 140 Å². The Kier molecular flexibility index (Phi) is 5.55. The van der Waals surface area contributed by atoms with Crippen LogP contribution in [0.3, 0.4) is 0 Å². The number of benzene rings is 2. The maximum atomic E-state index is 13.4. The second-order valence-corrected chi connectivity index (χ2v) is 5.53. The number of nitrogens with one attached hydrogen (secondary N) is 2. The molecule has 1 amide bonds. The van der Waals surface area contributed by atoms with Crippen molar-refractivity contribution in [3.8, 4) is 11.8 Å². The Morgan fingerprint density at radius 3 is 2.83 bits per heavy atom. The third-order valence-electron chi connectivity index (χ3n) is 3.05. The van der Waals surface area contributed by atoms with Crippen LogP contribution in [0.15, 0.2) is 40.9 Å². The van der Waals surface area contributed by atoms with E-state index in [0.29, 0.717) is 16.7 Å². The van der Waals surface area contributed by atoms with Gasteiger partial charge in [0.2, 0.25) is 0 Å². The number of halogens is 2. The first kappa shape index (κ1) is 16.8. The second-order valence-electron chi connectivity index (χ2n) is 4.62. The summed E-state index contributed by atoms with van der Waals surface area (Å²) in [4.78, 5) is 12.0. The van der Waals surface area contributed by atoms with E-state index in [1.807, 2.05) is 0 Å². The molecule has 0 saturated heterocycles. The molecule has 0 aliphatic heterocycles. The lowest BCUT2D eigenvalue weighted by Gasteiger charge is -2.10. The molecule has 118 valence electrons. The van der Waals surface area contributed by atoms with E-state index in [1.165, 1.54) is 24.3 Å². The molecule has 0 radical (unpaired) electrons. The SMILES string of the molecule is N#Cc1c(F)cccc1NCCNC(=O)c1cc(Br)ccc1O. The van der Waals surface area contributed by atoms with E-state index >= 15 is 0 Å². The summed E-state index contributed by atoms with van der Waals surface area (Å²) < 4.78 is 14.1. The summed E-state index contributed by atoms with van der Waals surface area (Å²) in [6.45, 7) is 0.546. The van der Waals surface area contributed by atoms with Crippen LogP contribution < -0.4 is 10.6 Å². The maximum Gasteiger partial charge on any atom is 0.255 e. The van der Waals surface area contributed by atoms with Crippen LogP contribution in [0.5, 0.6) is 5.75 Å². The van der Waals surface area contributed by atoms with Crippen LogP contribution in [0.2, 0.25) is 0 Å². The molecule has 2 aromatic carbocycles. The van der Waals surface area contributed by atoms with Crippen molar-refractivity contribution in [2.75, 3.05) is 18.4 Å². The molecule has 5 nitrogen and oxygen atoms in total. The van der Waals surface area contributed by atoms with E-state index in [9.17, 15) is 14.3 Å². The van der Waals surface area contributed by atoms with Crippen LogP contribution >= 0.6 is 15.9 Å². The molecule has 0 saturated carbocycles. The van der Waals surface area contributed by atoms with Crippen molar-refractivity contribution < 1.29 is 14.3 Å². The predicted molar refractivity (Wildman–Crippen MR) is 87.7 cm³/mol. The van der Waals surface area contributed by atoms with Crippen LogP contribution in [0, 0.1) is 17.1 Å². The lowest BCUT2D eigenvalue weighted by atomic mass is 10.2. The van der Waals surface area contributed by atoms with E-state index in [2.05, 4.69) is 26.6 Å². The van der Waals surface area contributed by atoms with Gasteiger partial charge >= 0.3 is 0 Å². The van der Waals surface area contributed by atoms with Gasteiger partial charge in [0.1, 0.15) is 23.2 Å². The fourth-order valence-electron chi connectivity index (χ4n) is 1.94. The fraction of sp³-hybridized carbons (Fsp3) is 0.125. The van der Waals surface area contributed by atoms with Crippen molar-refractivity contribution in [1.82, 2.24) is 5.32 Å². The number of anilines is 1. The van der Waals surface area contributed by atoms with Crippen molar-refractivity contribution >= 4 is 27.5 Å². The molecule has 0 aliphatic carbocycles. The molecule has 0 fully saturated rings. The minimum Gasteiger partial charge on any atom is -0.507 e. The standard InChI is InChI=1S/C16H13BrFN3O2/c17-10-4-5-15(22)11(8-10)16(23)21-7-6-20-14-3-1-2-13(18)12(14)9-19/h1-5,8,20,22H,6-7H2,(H,21,23). The first-order valence-corrected chi connectivity index (χ1v) is 7.51. The van der Waals surface area contributed by atoms with Gasteiger partial charge in [0.05, 0.1) is 11.3 Å². The third kappa shape index (κ3) is 4.20. The van der Waals surface area contributed by atoms with Crippen LogP contribution in [0.4, 0.5) is 10.1 Å². The van der Waals surface area contributed by atoms with E-state index in [1.54, 1.807) is 18.2 Å². The van der Waals surface area contributed by atoms with Crippen molar-refractivity contribution in [2.24, 2.45) is 0 Å². The summed E-state index contributed by atoms with van der Waals surface area (Å²) in [7, 11) is 0. The van der Waals surface area contributed by atoms with Crippen molar-refractivity contribution in [1.29, 1.82) is 5.26 Å². The molecule has 0 bridgehead atoms. The topological polar surface area (TPSA) is 85.2 Å². The summed E-state index contributed by atoms with van der Waals surface area (Å²) in [5, 5.41) is 24.1. The number of nitriles is 1. The second kappa shape index (κ2) is 7.61. The molecule has 0 unspecified atom stereocenters. The van der Waals surface area contributed by atoms with Gasteiger partial charge in [0.15, 0.2) is 0 Å². The van der Waals surface area contributed by atoms with E-state index in [0.717, 1.165) is 0 Å². The van der Waals surface area contributed by atoms with E-state index < -0.39 is 11.7 Å². The molecule has 0 atom stereocenters. The summed E-state index contributed by atoms with van der Waals surface area (Å²) in [5.41, 5.74) is 0.457. The summed E-state index contributed by atoms with van der Waals surface area (Å²) in [6, 6.07) is 10.6. The summed E-state index contributed by atoms with van der Waals surface area (Å²) >= 11 is 3.23. The minimum atomic E-state index is -0.597. The van der Waals surface area contributed by atoms with Gasteiger partial charge in [0.25, 0.3) is 5.91 Å². The van der Waals surface area contributed by atoms with Gasteiger partial charge in [-0.15, -0.1) is 0 Å². The zero-order valence-corrected chi connectivity index (χ0v) is 13.5. The maximum absolute atomic E-state index is 13.4. The molecular weight excluding hydrogens is 365 g/mol. The average Bonchev–Trinajstić information content (AvgIpc) is 2.53. The van der Waals surface area contributed by atoms with Gasteiger partial charge in [-0.05, 0) is 30.3 Å². The molecule has 2 aromatic rings. The zero-order valence-electron chi connectivity index (χ0n) is 11.9. The van der Waals surface area contributed by atoms with Gasteiger partial charge in [-0.25, -0.2) is 4.39 Å². The molecule has 2 rings (SSSR count).